The molecule has 0 fully saturated rings. The Bertz CT molecular complexity index is 409. The topological polar surface area (TPSA) is 81.8 Å². The van der Waals surface area contributed by atoms with Gasteiger partial charge in [0.1, 0.15) is 11.4 Å². The van der Waals surface area contributed by atoms with Crippen molar-refractivity contribution in [2.24, 2.45) is 10.7 Å². The molecule has 0 aromatic heterocycles. The van der Waals surface area contributed by atoms with Crippen molar-refractivity contribution in [3.05, 3.63) is 23.8 Å². The van der Waals surface area contributed by atoms with Gasteiger partial charge in [0.25, 0.3) is 0 Å². The number of carbonyl (C=O) groups is 1. The lowest BCUT2D eigenvalue weighted by Crippen LogP contribution is -2.10. The van der Waals surface area contributed by atoms with Crippen molar-refractivity contribution >= 4 is 17.7 Å². The molecule has 0 heterocycles. The van der Waals surface area contributed by atoms with Gasteiger partial charge in [-0.25, -0.2) is 4.79 Å². The van der Waals surface area contributed by atoms with Crippen LogP contribution in [0.5, 0.6) is 5.75 Å². The first-order valence-corrected chi connectivity index (χ1v) is 3.74. The molecule has 72 valence electrons. The quantitative estimate of drug-likeness (QED) is 0.567. The molecule has 0 aliphatic rings. The van der Waals surface area contributed by atoms with E-state index in [9.17, 15) is 9.59 Å². The summed E-state index contributed by atoms with van der Waals surface area (Å²) in [5.74, 6) is -0.255. The molecule has 0 aliphatic carbocycles. The standard InChI is InChI=1S/C9H8N2O3/c1-14-8-4-6(9(10)13)2-3-7(8)11-5-12/h2-4H,1H3,(H2,10,13). The molecule has 5 nitrogen and oxygen atoms in total. The van der Waals surface area contributed by atoms with E-state index in [-0.39, 0.29) is 0 Å². The molecular formula is C9H8N2O3. The van der Waals surface area contributed by atoms with Gasteiger partial charge in [-0.15, -0.1) is 0 Å². The normalized spacial score (nSPS) is 8.93. The van der Waals surface area contributed by atoms with Gasteiger partial charge < -0.3 is 10.5 Å². The zero-order valence-corrected chi connectivity index (χ0v) is 7.48. The largest absolute Gasteiger partial charge is 0.494 e. The highest BCUT2D eigenvalue weighted by atomic mass is 16.5. The van der Waals surface area contributed by atoms with Crippen molar-refractivity contribution in [2.75, 3.05) is 7.11 Å². The summed E-state index contributed by atoms with van der Waals surface area (Å²) in [7, 11) is 1.41. The van der Waals surface area contributed by atoms with E-state index in [0.29, 0.717) is 17.0 Å². The van der Waals surface area contributed by atoms with E-state index in [0.717, 1.165) is 0 Å². The van der Waals surface area contributed by atoms with Crippen LogP contribution in [0.15, 0.2) is 23.2 Å². The minimum Gasteiger partial charge on any atom is -0.494 e. The van der Waals surface area contributed by atoms with E-state index in [1.54, 1.807) is 0 Å². The smallest absolute Gasteiger partial charge is 0.248 e. The van der Waals surface area contributed by atoms with E-state index in [2.05, 4.69) is 4.99 Å². The fraction of sp³-hybridized carbons (Fsp3) is 0.111. The lowest BCUT2D eigenvalue weighted by molar-refractivity contribution is 0.1000. The number of primary amides is 1. The van der Waals surface area contributed by atoms with E-state index in [1.165, 1.54) is 31.4 Å². The SMILES string of the molecule is COc1cc(C(N)=O)ccc1N=C=O. The van der Waals surface area contributed by atoms with Crippen molar-refractivity contribution in [1.82, 2.24) is 0 Å². The maximum Gasteiger partial charge on any atom is 0.248 e. The molecule has 1 rings (SSSR count). The summed E-state index contributed by atoms with van der Waals surface area (Å²) in [5.41, 5.74) is 5.67. The Hall–Kier alpha value is -2.13. The van der Waals surface area contributed by atoms with Gasteiger partial charge in [0.15, 0.2) is 0 Å². The zero-order chi connectivity index (χ0) is 10.6. The second kappa shape index (κ2) is 4.20. The fourth-order valence-corrected chi connectivity index (χ4v) is 0.972. The van der Waals surface area contributed by atoms with Crippen LogP contribution in [-0.2, 0) is 4.79 Å². The number of hydrogen-bond donors (Lipinski definition) is 1. The zero-order valence-electron chi connectivity index (χ0n) is 7.48. The Labute approximate surface area is 80.2 Å². The number of isocyanates is 1. The molecule has 0 unspecified atom stereocenters. The van der Waals surface area contributed by atoms with Crippen molar-refractivity contribution in [3.8, 4) is 5.75 Å². The molecule has 0 radical (unpaired) electrons. The van der Waals surface area contributed by atoms with Gasteiger partial charge in [-0.1, -0.05) is 0 Å². The Morgan fingerprint density at radius 1 is 1.57 bits per heavy atom. The third-order valence-corrected chi connectivity index (χ3v) is 1.63. The first-order chi connectivity index (χ1) is 6.69. The first-order valence-electron chi connectivity index (χ1n) is 3.74. The third kappa shape index (κ3) is 1.97. The lowest BCUT2D eigenvalue weighted by Gasteiger charge is -2.03. The number of aliphatic imine (C=N–C) groups is 1. The second-order valence-electron chi connectivity index (χ2n) is 2.45. The number of nitrogens with two attached hydrogens (primary N) is 1. The Morgan fingerprint density at radius 3 is 2.79 bits per heavy atom. The number of carbonyl (C=O) groups excluding carboxylic acids is 2. The van der Waals surface area contributed by atoms with Gasteiger partial charge in [-0.2, -0.15) is 4.99 Å². The summed E-state index contributed by atoms with van der Waals surface area (Å²) in [5, 5.41) is 0. The predicted octanol–water partition coefficient (Wildman–Crippen LogP) is 0.761. The summed E-state index contributed by atoms with van der Waals surface area (Å²) < 4.78 is 4.91. The van der Waals surface area contributed by atoms with Crippen LogP contribution in [0, 0.1) is 0 Å². The molecule has 0 saturated carbocycles. The number of ether oxygens (including phenoxy) is 1. The van der Waals surface area contributed by atoms with Crippen LogP contribution in [0.25, 0.3) is 0 Å². The summed E-state index contributed by atoms with van der Waals surface area (Å²) in [4.78, 5) is 24.2. The number of benzene rings is 1. The molecule has 14 heavy (non-hydrogen) atoms. The molecule has 0 atom stereocenters. The van der Waals surface area contributed by atoms with Crippen molar-refractivity contribution < 1.29 is 14.3 Å². The minimum absolute atomic E-state index is 0.298. The number of rotatable bonds is 3. The summed E-state index contributed by atoms with van der Waals surface area (Å²) in [6.07, 6.45) is 1.39. The molecule has 1 amide bonds. The van der Waals surface area contributed by atoms with E-state index < -0.39 is 5.91 Å². The molecule has 5 heteroatoms. The number of nitrogens with zero attached hydrogens (tertiary/aromatic N) is 1. The molecule has 0 saturated heterocycles. The van der Waals surface area contributed by atoms with Crippen LogP contribution in [0.3, 0.4) is 0 Å². The molecular weight excluding hydrogens is 184 g/mol. The van der Waals surface area contributed by atoms with E-state index >= 15 is 0 Å². The third-order valence-electron chi connectivity index (χ3n) is 1.63. The van der Waals surface area contributed by atoms with Gasteiger partial charge in [0.05, 0.1) is 7.11 Å². The summed E-state index contributed by atoms with van der Waals surface area (Å²) in [6.45, 7) is 0. The summed E-state index contributed by atoms with van der Waals surface area (Å²) >= 11 is 0. The first kappa shape index (κ1) is 9.95. The van der Waals surface area contributed by atoms with Gasteiger partial charge in [0, 0.05) is 5.56 Å². The minimum atomic E-state index is -0.565. The average Bonchev–Trinajstić information content (AvgIpc) is 2.18. The fourth-order valence-electron chi connectivity index (χ4n) is 0.972. The van der Waals surface area contributed by atoms with Crippen LogP contribution < -0.4 is 10.5 Å². The van der Waals surface area contributed by atoms with Crippen molar-refractivity contribution in [1.29, 1.82) is 0 Å². The number of methoxy groups -OCH3 is 1. The van der Waals surface area contributed by atoms with Crippen LogP contribution in [0.2, 0.25) is 0 Å². The number of hydrogen-bond acceptors (Lipinski definition) is 4. The molecule has 2 N–H and O–H groups in total. The molecule has 0 bridgehead atoms. The number of amides is 1. The van der Waals surface area contributed by atoms with Gasteiger partial charge in [-0.05, 0) is 18.2 Å². The Balaban J connectivity index is 3.24. The predicted molar refractivity (Wildman–Crippen MR) is 49.3 cm³/mol. The van der Waals surface area contributed by atoms with Gasteiger partial charge >= 0.3 is 0 Å². The monoisotopic (exact) mass is 192 g/mol. The van der Waals surface area contributed by atoms with Crippen LogP contribution >= 0.6 is 0 Å². The Morgan fingerprint density at radius 2 is 2.29 bits per heavy atom. The maximum absolute atomic E-state index is 10.8. The van der Waals surface area contributed by atoms with E-state index in [4.69, 9.17) is 10.5 Å². The Kier molecular flexibility index (Phi) is 2.99. The van der Waals surface area contributed by atoms with E-state index in [1.807, 2.05) is 0 Å². The summed E-state index contributed by atoms with van der Waals surface area (Å²) in [6, 6.07) is 4.34. The maximum atomic E-state index is 10.8. The lowest BCUT2D eigenvalue weighted by atomic mass is 10.2. The highest BCUT2D eigenvalue weighted by Crippen LogP contribution is 2.27. The second-order valence-corrected chi connectivity index (χ2v) is 2.45. The highest BCUT2D eigenvalue weighted by Gasteiger charge is 2.06. The molecule has 1 aromatic rings. The van der Waals surface area contributed by atoms with Gasteiger partial charge in [-0.3, -0.25) is 4.79 Å². The van der Waals surface area contributed by atoms with Crippen molar-refractivity contribution in [2.45, 2.75) is 0 Å². The highest BCUT2D eigenvalue weighted by molar-refractivity contribution is 5.93. The molecule has 1 aromatic carbocycles. The van der Waals surface area contributed by atoms with Crippen LogP contribution in [0.1, 0.15) is 10.4 Å². The van der Waals surface area contributed by atoms with Crippen LogP contribution in [-0.4, -0.2) is 19.1 Å². The average molecular weight is 192 g/mol. The molecule has 0 aliphatic heterocycles. The van der Waals surface area contributed by atoms with Gasteiger partial charge in [0.2, 0.25) is 12.0 Å². The van der Waals surface area contributed by atoms with Crippen molar-refractivity contribution in [3.63, 3.8) is 0 Å². The van der Waals surface area contributed by atoms with Crippen LogP contribution in [0.4, 0.5) is 5.69 Å². The molecule has 0 spiro atoms.